The molecule has 2 aromatic heterocycles. The summed E-state index contributed by atoms with van der Waals surface area (Å²) in [6.07, 6.45) is 3.92. The van der Waals surface area contributed by atoms with Gasteiger partial charge in [0.1, 0.15) is 11.8 Å². The normalized spacial score (nSPS) is 22.2. The van der Waals surface area contributed by atoms with E-state index in [1.807, 2.05) is 0 Å². The van der Waals surface area contributed by atoms with E-state index in [0.29, 0.717) is 11.2 Å². The van der Waals surface area contributed by atoms with Gasteiger partial charge in [-0.1, -0.05) is 0 Å². The van der Waals surface area contributed by atoms with Gasteiger partial charge in [-0.3, -0.25) is 9.13 Å². The molecular weight excluding hydrogens is 301 g/mol. The highest BCUT2D eigenvalue weighted by atomic mass is 31.2. The van der Waals surface area contributed by atoms with Gasteiger partial charge in [0.15, 0.2) is 30.3 Å². The van der Waals surface area contributed by atoms with E-state index in [0.717, 1.165) is 0 Å². The van der Waals surface area contributed by atoms with Crippen molar-refractivity contribution < 1.29 is 23.8 Å². The molecule has 3 rings (SSSR count). The molecule has 3 heterocycles. The van der Waals surface area contributed by atoms with Gasteiger partial charge in [0.2, 0.25) is 0 Å². The number of rotatable bonds is 4. The van der Waals surface area contributed by atoms with E-state index in [1.165, 1.54) is 12.7 Å². The maximum atomic E-state index is 10.8. The van der Waals surface area contributed by atoms with Gasteiger partial charge in [-0.15, -0.1) is 0 Å². The summed E-state index contributed by atoms with van der Waals surface area (Å²) >= 11 is 0. The van der Waals surface area contributed by atoms with Crippen LogP contribution < -0.4 is 5.73 Å². The zero-order chi connectivity index (χ0) is 15.0. The maximum Gasteiger partial charge on any atom is 0.351 e. The number of nitrogen functional groups attached to an aromatic ring is 1. The smallest absolute Gasteiger partial charge is 0.351 e. The maximum absolute atomic E-state index is 10.8. The second-order valence-electron chi connectivity index (χ2n) is 4.32. The SMILES string of the molecule is Nc1ncnc2c1ncn2[C@@H]1C=C[C@H](OCP(=O)(O)O)O1. The van der Waals surface area contributed by atoms with E-state index in [2.05, 4.69) is 15.0 Å². The molecule has 0 amide bonds. The van der Waals surface area contributed by atoms with Crippen molar-refractivity contribution in [3.05, 3.63) is 24.8 Å². The summed E-state index contributed by atoms with van der Waals surface area (Å²) < 4.78 is 22.8. The van der Waals surface area contributed by atoms with Crippen LogP contribution in [0.15, 0.2) is 24.8 Å². The van der Waals surface area contributed by atoms with Gasteiger partial charge in [-0.25, -0.2) is 15.0 Å². The molecule has 0 bridgehead atoms. The number of hydrogen-bond donors (Lipinski definition) is 3. The lowest BCUT2D eigenvalue weighted by atomic mass is 10.4. The number of imidazole rings is 1. The van der Waals surface area contributed by atoms with Crippen molar-refractivity contribution in [2.75, 3.05) is 12.1 Å². The van der Waals surface area contributed by atoms with Crippen LogP contribution in [0, 0.1) is 0 Å². The second-order valence-corrected chi connectivity index (χ2v) is 5.91. The van der Waals surface area contributed by atoms with Gasteiger partial charge in [0.25, 0.3) is 0 Å². The van der Waals surface area contributed by atoms with Crippen LogP contribution in [0.5, 0.6) is 0 Å². The standard InChI is InChI=1S/C10H12N5O5P/c11-9-8-10(13-3-12-9)15(4-14-8)6-1-2-7(20-6)19-5-21(16,17)18/h1-4,6-7H,5H2,(H2,11,12,13)(H2,16,17,18)/t6-,7+/m0/s1. The van der Waals surface area contributed by atoms with Crippen molar-refractivity contribution >= 4 is 24.6 Å². The van der Waals surface area contributed by atoms with Gasteiger partial charge in [0.05, 0.1) is 6.33 Å². The van der Waals surface area contributed by atoms with Crippen LogP contribution in [0.1, 0.15) is 6.23 Å². The van der Waals surface area contributed by atoms with Crippen molar-refractivity contribution in [3.8, 4) is 0 Å². The third-order valence-electron chi connectivity index (χ3n) is 2.77. The summed E-state index contributed by atoms with van der Waals surface area (Å²) in [5.74, 6) is 0.259. The molecule has 0 saturated carbocycles. The summed E-state index contributed by atoms with van der Waals surface area (Å²) in [4.78, 5) is 29.6. The molecule has 10 nitrogen and oxygen atoms in total. The molecule has 0 spiro atoms. The monoisotopic (exact) mass is 313 g/mol. The van der Waals surface area contributed by atoms with Crippen molar-refractivity contribution in [1.29, 1.82) is 0 Å². The quantitative estimate of drug-likeness (QED) is 0.523. The van der Waals surface area contributed by atoms with Crippen LogP contribution >= 0.6 is 7.60 Å². The van der Waals surface area contributed by atoms with Crippen molar-refractivity contribution in [1.82, 2.24) is 19.5 Å². The van der Waals surface area contributed by atoms with Crippen molar-refractivity contribution in [3.63, 3.8) is 0 Å². The highest BCUT2D eigenvalue weighted by Crippen LogP contribution is 2.36. The molecule has 11 heteroatoms. The number of anilines is 1. The van der Waals surface area contributed by atoms with Gasteiger partial charge in [0, 0.05) is 0 Å². The molecule has 112 valence electrons. The lowest BCUT2D eigenvalue weighted by Gasteiger charge is -2.16. The molecule has 1 aliphatic heterocycles. The Morgan fingerprint density at radius 1 is 1.38 bits per heavy atom. The molecule has 0 unspecified atom stereocenters. The van der Waals surface area contributed by atoms with Crippen molar-refractivity contribution in [2.45, 2.75) is 12.5 Å². The summed E-state index contributed by atoms with van der Waals surface area (Å²) in [7, 11) is -4.24. The molecule has 4 N–H and O–H groups in total. The minimum absolute atomic E-state index is 0.259. The summed E-state index contributed by atoms with van der Waals surface area (Å²) in [5.41, 5.74) is 6.64. The molecule has 2 atom stereocenters. The Morgan fingerprint density at radius 3 is 2.95 bits per heavy atom. The number of ether oxygens (including phenoxy) is 2. The lowest BCUT2D eigenvalue weighted by Crippen LogP contribution is -2.16. The van der Waals surface area contributed by atoms with E-state index in [9.17, 15) is 4.57 Å². The predicted octanol–water partition coefficient (Wildman–Crippen LogP) is -0.0286. The van der Waals surface area contributed by atoms with Crippen LogP contribution in [-0.4, -0.2) is 41.9 Å². The molecule has 0 saturated heterocycles. The average molecular weight is 313 g/mol. The van der Waals surface area contributed by atoms with E-state index in [4.69, 9.17) is 25.0 Å². The number of fused-ring (bicyclic) bond motifs is 1. The van der Waals surface area contributed by atoms with Crippen molar-refractivity contribution in [2.24, 2.45) is 0 Å². The Bertz CT molecular complexity index is 741. The predicted molar refractivity (Wildman–Crippen MR) is 70.8 cm³/mol. The number of aromatic nitrogens is 4. The average Bonchev–Trinajstić information content (AvgIpc) is 3.02. The first-order chi connectivity index (χ1) is 9.94. The lowest BCUT2D eigenvalue weighted by molar-refractivity contribution is -0.125. The molecule has 21 heavy (non-hydrogen) atoms. The Labute approximate surface area is 118 Å². The van der Waals surface area contributed by atoms with Crippen LogP contribution in [-0.2, 0) is 14.0 Å². The third-order valence-corrected chi connectivity index (χ3v) is 3.26. The molecular formula is C10H12N5O5P. The van der Waals surface area contributed by atoms with E-state index in [-0.39, 0.29) is 5.82 Å². The number of hydrogen-bond acceptors (Lipinski definition) is 7. The van der Waals surface area contributed by atoms with Crippen LogP contribution in [0.25, 0.3) is 11.2 Å². The fourth-order valence-corrected chi connectivity index (χ4v) is 2.23. The number of nitrogens with two attached hydrogens (primary N) is 1. The summed E-state index contributed by atoms with van der Waals surface area (Å²) in [6.45, 7) is 0. The van der Waals surface area contributed by atoms with Crippen LogP contribution in [0.3, 0.4) is 0 Å². The van der Waals surface area contributed by atoms with Gasteiger partial charge in [-0.2, -0.15) is 0 Å². The highest BCUT2D eigenvalue weighted by molar-refractivity contribution is 7.51. The fraction of sp³-hybridized carbons (Fsp3) is 0.300. The first kappa shape index (κ1) is 14.1. The summed E-state index contributed by atoms with van der Waals surface area (Å²) in [6, 6.07) is 0. The number of nitrogens with zero attached hydrogens (tertiary/aromatic N) is 4. The minimum Gasteiger partial charge on any atom is -0.382 e. The molecule has 0 aliphatic carbocycles. The fourth-order valence-electron chi connectivity index (χ4n) is 1.89. The topological polar surface area (TPSA) is 146 Å². The Hall–Kier alpha value is -1.84. The van der Waals surface area contributed by atoms with Crippen LogP contribution in [0.2, 0.25) is 0 Å². The molecule has 1 aliphatic rings. The Morgan fingerprint density at radius 2 is 2.19 bits per heavy atom. The molecule has 2 aromatic rings. The van der Waals surface area contributed by atoms with Gasteiger partial charge >= 0.3 is 7.60 Å². The van der Waals surface area contributed by atoms with E-state index in [1.54, 1.807) is 16.7 Å². The molecule has 0 fully saturated rings. The Kier molecular flexibility index (Phi) is 3.47. The van der Waals surface area contributed by atoms with E-state index < -0.39 is 26.5 Å². The zero-order valence-electron chi connectivity index (χ0n) is 10.6. The van der Waals surface area contributed by atoms with Gasteiger partial charge in [-0.05, 0) is 12.2 Å². The summed E-state index contributed by atoms with van der Waals surface area (Å²) in [5, 5.41) is 0. The molecule has 0 radical (unpaired) electrons. The molecule has 0 aromatic carbocycles. The largest absolute Gasteiger partial charge is 0.382 e. The van der Waals surface area contributed by atoms with Crippen LogP contribution in [0.4, 0.5) is 5.82 Å². The highest BCUT2D eigenvalue weighted by Gasteiger charge is 2.25. The zero-order valence-corrected chi connectivity index (χ0v) is 11.5. The van der Waals surface area contributed by atoms with E-state index >= 15 is 0 Å². The first-order valence-electron chi connectivity index (χ1n) is 5.87. The second kappa shape index (κ2) is 5.17. The Balaban J connectivity index is 1.75. The first-order valence-corrected chi connectivity index (χ1v) is 7.67. The third kappa shape index (κ3) is 2.94. The van der Waals surface area contributed by atoms with Gasteiger partial charge < -0.3 is 25.0 Å². The minimum atomic E-state index is -4.24.